The highest BCUT2D eigenvalue weighted by Crippen LogP contribution is 2.32. The van der Waals surface area contributed by atoms with Crippen molar-refractivity contribution >= 4 is 0 Å². The van der Waals surface area contributed by atoms with Crippen LogP contribution < -0.4 is 0 Å². The molecule has 0 saturated carbocycles. The third-order valence-corrected chi connectivity index (χ3v) is 4.36. The van der Waals surface area contributed by atoms with Crippen LogP contribution in [0.5, 0.6) is 0 Å². The Morgan fingerprint density at radius 1 is 1.21 bits per heavy atom. The highest BCUT2D eigenvalue weighted by atomic mass is 15.1. The Bertz CT molecular complexity index is 397. The van der Waals surface area contributed by atoms with E-state index in [0.717, 1.165) is 13.1 Å². The lowest BCUT2D eigenvalue weighted by Gasteiger charge is -2.36. The number of allylic oxidation sites excluding steroid dienone is 4. The summed E-state index contributed by atoms with van der Waals surface area (Å²) in [6.45, 7) is 9.15. The molecule has 0 radical (unpaired) electrons. The zero-order valence-electron chi connectivity index (χ0n) is 12.4. The van der Waals surface area contributed by atoms with Gasteiger partial charge in [-0.25, -0.2) is 6.07 Å². The lowest BCUT2D eigenvalue weighted by atomic mass is 9.87. The topological polar surface area (TPSA) is 3.24 Å². The minimum atomic E-state index is 0.558. The van der Waals surface area contributed by atoms with Crippen LogP contribution in [0.3, 0.4) is 0 Å². The first-order chi connectivity index (χ1) is 9.26. The first-order valence-corrected chi connectivity index (χ1v) is 7.56. The average Bonchev–Trinajstić information content (AvgIpc) is 3.12. The van der Waals surface area contributed by atoms with E-state index in [1.54, 1.807) is 0 Å². The van der Waals surface area contributed by atoms with Crippen LogP contribution in [0.2, 0.25) is 0 Å². The van der Waals surface area contributed by atoms with Crippen LogP contribution in [0.4, 0.5) is 0 Å². The molecule has 0 fully saturated rings. The molecule has 0 aromatic heterocycles. The van der Waals surface area contributed by atoms with E-state index < -0.39 is 0 Å². The van der Waals surface area contributed by atoms with Gasteiger partial charge in [-0.15, -0.1) is 0 Å². The van der Waals surface area contributed by atoms with Gasteiger partial charge in [0, 0.05) is 0 Å². The summed E-state index contributed by atoms with van der Waals surface area (Å²) in [5.74, 6) is 1.31. The van der Waals surface area contributed by atoms with Crippen LogP contribution in [0.1, 0.15) is 38.8 Å². The summed E-state index contributed by atoms with van der Waals surface area (Å²) in [6.07, 6.45) is 10.2. The van der Waals surface area contributed by atoms with Gasteiger partial charge in [0.1, 0.15) is 0 Å². The van der Waals surface area contributed by atoms with E-state index in [1.807, 2.05) is 0 Å². The summed E-state index contributed by atoms with van der Waals surface area (Å²) in [7, 11) is 0. The van der Waals surface area contributed by atoms with Gasteiger partial charge in [0.2, 0.25) is 0 Å². The molecule has 0 saturated heterocycles. The standard InChI is InChI=1S/C18H26N/c1-4-19(5-2)18(17-12-8-9-13-17)14-15(3)16-10-6-7-11-16/h6-13,15-16,18H,4-5,14H2,1-3H3/q-1. The molecule has 2 rings (SSSR count). The lowest BCUT2D eigenvalue weighted by Crippen LogP contribution is -2.30. The van der Waals surface area contributed by atoms with Crippen LogP contribution >= 0.6 is 0 Å². The van der Waals surface area contributed by atoms with E-state index in [4.69, 9.17) is 0 Å². The van der Waals surface area contributed by atoms with Gasteiger partial charge in [-0.3, -0.25) is 0 Å². The normalized spacial score (nSPS) is 18.3. The van der Waals surface area contributed by atoms with Crippen molar-refractivity contribution in [3.05, 3.63) is 54.1 Å². The zero-order valence-corrected chi connectivity index (χ0v) is 12.4. The molecule has 1 aromatic rings. The fraction of sp³-hybridized carbons (Fsp3) is 0.500. The van der Waals surface area contributed by atoms with Crippen LogP contribution in [-0.4, -0.2) is 18.0 Å². The molecule has 1 aliphatic carbocycles. The molecular formula is C18H26N-. The molecule has 19 heavy (non-hydrogen) atoms. The Kier molecular flexibility index (Phi) is 5.09. The predicted octanol–water partition coefficient (Wildman–Crippen LogP) is 4.56. The van der Waals surface area contributed by atoms with Gasteiger partial charge in [-0.05, 0) is 37.4 Å². The summed E-state index contributed by atoms with van der Waals surface area (Å²) < 4.78 is 0. The fourth-order valence-corrected chi connectivity index (χ4v) is 3.11. The van der Waals surface area contributed by atoms with Gasteiger partial charge in [-0.2, -0.15) is 23.8 Å². The fourth-order valence-electron chi connectivity index (χ4n) is 3.11. The maximum absolute atomic E-state index is 2.58. The predicted molar refractivity (Wildman–Crippen MR) is 83.2 cm³/mol. The van der Waals surface area contributed by atoms with Gasteiger partial charge < -0.3 is 4.90 Å². The van der Waals surface area contributed by atoms with E-state index in [2.05, 4.69) is 74.2 Å². The average molecular weight is 256 g/mol. The van der Waals surface area contributed by atoms with E-state index in [9.17, 15) is 0 Å². The Balaban J connectivity index is 2.09. The Hall–Kier alpha value is -1.21. The molecule has 104 valence electrons. The quantitative estimate of drug-likeness (QED) is 0.647. The second-order valence-electron chi connectivity index (χ2n) is 5.52. The molecule has 1 aromatic carbocycles. The monoisotopic (exact) mass is 256 g/mol. The summed E-state index contributed by atoms with van der Waals surface area (Å²) in [5.41, 5.74) is 1.47. The molecule has 2 atom stereocenters. The van der Waals surface area contributed by atoms with Crippen LogP contribution in [0.25, 0.3) is 0 Å². The first-order valence-electron chi connectivity index (χ1n) is 7.56. The highest BCUT2D eigenvalue weighted by molar-refractivity contribution is 5.22. The maximum atomic E-state index is 2.58. The Morgan fingerprint density at radius 2 is 1.89 bits per heavy atom. The van der Waals surface area contributed by atoms with Crippen molar-refractivity contribution in [3.8, 4) is 0 Å². The molecule has 1 aliphatic rings. The Labute approximate surface area is 118 Å². The van der Waals surface area contributed by atoms with E-state index in [0.29, 0.717) is 17.9 Å². The largest absolute Gasteiger partial charge is 0.309 e. The summed E-state index contributed by atoms with van der Waals surface area (Å²) in [4.78, 5) is 2.58. The van der Waals surface area contributed by atoms with E-state index in [-0.39, 0.29) is 0 Å². The molecule has 2 unspecified atom stereocenters. The lowest BCUT2D eigenvalue weighted by molar-refractivity contribution is 0.183. The van der Waals surface area contributed by atoms with Crippen LogP contribution in [0, 0.1) is 11.8 Å². The van der Waals surface area contributed by atoms with E-state index in [1.165, 1.54) is 12.0 Å². The van der Waals surface area contributed by atoms with Crippen LogP contribution in [0.15, 0.2) is 48.6 Å². The maximum Gasteiger partial charge on any atom is -0.00213 e. The van der Waals surface area contributed by atoms with Crippen molar-refractivity contribution in [2.75, 3.05) is 13.1 Å². The molecule has 0 heterocycles. The van der Waals surface area contributed by atoms with Crippen molar-refractivity contribution in [3.63, 3.8) is 0 Å². The highest BCUT2D eigenvalue weighted by Gasteiger charge is 2.20. The van der Waals surface area contributed by atoms with E-state index >= 15 is 0 Å². The molecule has 0 bridgehead atoms. The molecule has 0 amide bonds. The summed E-state index contributed by atoms with van der Waals surface area (Å²) in [5, 5.41) is 0. The number of rotatable bonds is 7. The smallest absolute Gasteiger partial charge is 0.00213 e. The first kappa shape index (κ1) is 14.2. The summed E-state index contributed by atoms with van der Waals surface area (Å²) >= 11 is 0. The minimum absolute atomic E-state index is 0.558. The zero-order chi connectivity index (χ0) is 13.7. The third kappa shape index (κ3) is 3.42. The second-order valence-corrected chi connectivity index (χ2v) is 5.52. The van der Waals surface area contributed by atoms with Crippen LogP contribution in [-0.2, 0) is 0 Å². The van der Waals surface area contributed by atoms with Gasteiger partial charge in [-0.1, -0.05) is 45.1 Å². The molecule has 0 spiro atoms. The number of nitrogens with zero attached hydrogens (tertiary/aromatic N) is 1. The van der Waals surface area contributed by atoms with Crippen molar-refractivity contribution in [2.24, 2.45) is 11.8 Å². The number of hydrogen-bond acceptors (Lipinski definition) is 1. The number of hydrogen-bond donors (Lipinski definition) is 0. The van der Waals surface area contributed by atoms with Gasteiger partial charge >= 0.3 is 0 Å². The third-order valence-electron chi connectivity index (χ3n) is 4.36. The molecule has 0 aliphatic heterocycles. The Morgan fingerprint density at radius 3 is 2.42 bits per heavy atom. The van der Waals surface area contributed by atoms with Gasteiger partial charge in [0.25, 0.3) is 0 Å². The minimum Gasteiger partial charge on any atom is -0.309 e. The summed E-state index contributed by atoms with van der Waals surface area (Å²) in [6, 6.07) is 9.42. The van der Waals surface area contributed by atoms with Gasteiger partial charge in [0.05, 0.1) is 0 Å². The van der Waals surface area contributed by atoms with Crippen molar-refractivity contribution in [2.45, 2.75) is 33.2 Å². The molecule has 1 nitrogen and oxygen atoms in total. The van der Waals surface area contributed by atoms with Crippen molar-refractivity contribution in [1.29, 1.82) is 0 Å². The molecule has 1 heteroatoms. The SMILES string of the molecule is CCN(CC)C(CC(C)C1C=CC=C1)c1cc[cH-]c1. The molecular weight excluding hydrogens is 230 g/mol. The second kappa shape index (κ2) is 6.81. The van der Waals surface area contributed by atoms with Crippen molar-refractivity contribution in [1.82, 2.24) is 4.90 Å². The van der Waals surface area contributed by atoms with Crippen molar-refractivity contribution < 1.29 is 0 Å². The molecule has 0 N–H and O–H groups in total. The van der Waals surface area contributed by atoms with Gasteiger partial charge in [0.15, 0.2) is 0 Å².